The molecular formula is C13H22N4. The summed E-state index contributed by atoms with van der Waals surface area (Å²) >= 11 is 0. The van der Waals surface area contributed by atoms with Gasteiger partial charge in [-0.15, -0.1) is 0 Å². The molecule has 2 rings (SSSR count). The molecule has 94 valence electrons. The van der Waals surface area contributed by atoms with E-state index in [4.69, 9.17) is 5.73 Å². The number of anilines is 2. The average molecular weight is 234 g/mol. The van der Waals surface area contributed by atoms with Gasteiger partial charge in [-0.2, -0.15) is 0 Å². The van der Waals surface area contributed by atoms with E-state index in [0.29, 0.717) is 6.04 Å². The molecule has 4 heteroatoms. The Balaban J connectivity index is 1.88. The highest BCUT2D eigenvalue weighted by molar-refractivity contribution is 5.61. The van der Waals surface area contributed by atoms with Gasteiger partial charge in [-0.25, -0.2) is 4.98 Å². The average Bonchev–Trinajstić information content (AvgIpc) is 3.10. The molecule has 1 atom stereocenters. The van der Waals surface area contributed by atoms with Crippen molar-refractivity contribution in [3.05, 3.63) is 17.8 Å². The van der Waals surface area contributed by atoms with Crippen LogP contribution in [0, 0.1) is 6.92 Å². The molecule has 1 aliphatic carbocycles. The van der Waals surface area contributed by atoms with Gasteiger partial charge in [0.05, 0.1) is 5.69 Å². The van der Waals surface area contributed by atoms with Crippen molar-refractivity contribution in [3.8, 4) is 0 Å². The topological polar surface area (TPSA) is 54.2 Å². The van der Waals surface area contributed by atoms with Crippen LogP contribution in [0.15, 0.2) is 12.3 Å². The number of aryl methyl sites for hydroxylation is 1. The van der Waals surface area contributed by atoms with Crippen molar-refractivity contribution in [2.75, 3.05) is 24.6 Å². The van der Waals surface area contributed by atoms with Crippen molar-refractivity contribution in [1.29, 1.82) is 0 Å². The van der Waals surface area contributed by atoms with Crippen molar-refractivity contribution < 1.29 is 0 Å². The second-order valence-electron chi connectivity index (χ2n) is 5.08. The lowest BCUT2D eigenvalue weighted by atomic mass is 10.2. The van der Waals surface area contributed by atoms with Crippen LogP contribution in [0.4, 0.5) is 11.5 Å². The number of nitrogens with two attached hydrogens (primary N) is 1. The number of rotatable bonds is 5. The number of hydrogen-bond acceptors (Lipinski definition) is 4. The first kappa shape index (κ1) is 12.2. The van der Waals surface area contributed by atoms with Gasteiger partial charge < -0.3 is 11.1 Å². The van der Waals surface area contributed by atoms with Crippen LogP contribution in [0.25, 0.3) is 0 Å². The van der Waals surface area contributed by atoms with E-state index in [2.05, 4.69) is 29.2 Å². The minimum atomic E-state index is 0.505. The van der Waals surface area contributed by atoms with Crippen LogP contribution in [-0.4, -0.2) is 35.6 Å². The molecule has 0 spiro atoms. The summed E-state index contributed by atoms with van der Waals surface area (Å²) in [6.45, 7) is 5.11. The third-order valence-corrected chi connectivity index (χ3v) is 3.44. The summed E-state index contributed by atoms with van der Waals surface area (Å²) in [7, 11) is 2.19. The molecule has 0 radical (unpaired) electrons. The van der Waals surface area contributed by atoms with Gasteiger partial charge in [0.15, 0.2) is 0 Å². The summed E-state index contributed by atoms with van der Waals surface area (Å²) in [5.74, 6) is 0.798. The lowest BCUT2D eigenvalue weighted by molar-refractivity contribution is 0.257. The van der Waals surface area contributed by atoms with Crippen LogP contribution < -0.4 is 11.1 Å². The quantitative estimate of drug-likeness (QED) is 0.816. The smallest absolute Gasteiger partial charge is 0.149 e. The van der Waals surface area contributed by atoms with E-state index in [1.54, 1.807) is 0 Å². The summed E-state index contributed by atoms with van der Waals surface area (Å²) in [5.41, 5.74) is 7.74. The Kier molecular flexibility index (Phi) is 3.52. The highest BCUT2D eigenvalue weighted by Crippen LogP contribution is 2.27. The molecule has 4 nitrogen and oxygen atoms in total. The number of nitrogens with one attached hydrogen (secondary N) is 1. The zero-order chi connectivity index (χ0) is 12.4. The van der Waals surface area contributed by atoms with Crippen LogP contribution in [0.1, 0.15) is 25.3 Å². The monoisotopic (exact) mass is 234 g/mol. The van der Waals surface area contributed by atoms with Gasteiger partial charge in [0, 0.05) is 24.8 Å². The maximum atomic E-state index is 5.92. The van der Waals surface area contributed by atoms with Gasteiger partial charge in [0.2, 0.25) is 0 Å². The summed E-state index contributed by atoms with van der Waals surface area (Å²) < 4.78 is 0. The second kappa shape index (κ2) is 4.92. The van der Waals surface area contributed by atoms with E-state index in [0.717, 1.165) is 29.7 Å². The molecule has 1 aromatic rings. The van der Waals surface area contributed by atoms with Crippen LogP contribution in [-0.2, 0) is 0 Å². The van der Waals surface area contributed by atoms with E-state index >= 15 is 0 Å². The van der Waals surface area contributed by atoms with Crippen molar-refractivity contribution in [1.82, 2.24) is 9.88 Å². The third-order valence-electron chi connectivity index (χ3n) is 3.44. The highest BCUT2D eigenvalue weighted by Gasteiger charge is 2.28. The Labute approximate surface area is 103 Å². The second-order valence-corrected chi connectivity index (χ2v) is 5.08. The zero-order valence-electron chi connectivity index (χ0n) is 10.9. The minimum absolute atomic E-state index is 0.505. The maximum absolute atomic E-state index is 5.92. The summed E-state index contributed by atoms with van der Waals surface area (Å²) in [4.78, 5) is 6.74. The van der Waals surface area contributed by atoms with Gasteiger partial charge in [-0.1, -0.05) is 0 Å². The van der Waals surface area contributed by atoms with Crippen molar-refractivity contribution in [3.63, 3.8) is 0 Å². The summed E-state index contributed by atoms with van der Waals surface area (Å²) in [5, 5.41) is 3.33. The number of nitrogen functional groups attached to an aromatic ring is 1. The molecule has 0 saturated heterocycles. The van der Waals surface area contributed by atoms with Crippen LogP contribution >= 0.6 is 0 Å². The van der Waals surface area contributed by atoms with Crippen LogP contribution in [0.3, 0.4) is 0 Å². The largest absolute Gasteiger partial charge is 0.396 e. The molecule has 0 aliphatic heterocycles. The van der Waals surface area contributed by atoms with Gasteiger partial charge in [0.25, 0.3) is 0 Å². The Morgan fingerprint density at radius 3 is 2.88 bits per heavy atom. The minimum Gasteiger partial charge on any atom is -0.396 e. The Morgan fingerprint density at radius 2 is 2.29 bits per heavy atom. The van der Waals surface area contributed by atoms with Crippen molar-refractivity contribution in [2.45, 2.75) is 38.8 Å². The van der Waals surface area contributed by atoms with E-state index in [-0.39, 0.29) is 0 Å². The predicted octanol–water partition coefficient (Wildman–Crippen LogP) is 1.87. The van der Waals surface area contributed by atoms with Gasteiger partial charge in [-0.05, 0) is 45.4 Å². The van der Waals surface area contributed by atoms with Crippen LogP contribution in [0.2, 0.25) is 0 Å². The molecule has 0 aromatic carbocycles. The molecule has 0 amide bonds. The molecule has 1 unspecified atom stereocenters. The SMILES string of the molecule is Cc1cnc(NCC(C)N(C)C2CC2)c(N)c1. The number of hydrogen-bond donors (Lipinski definition) is 2. The molecule has 3 N–H and O–H groups in total. The standard InChI is InChI=1S/C13H22N4/c1-9-6-12(14)13(15-7-9)16-8-10(2)17(3)11-4-5-11/h6-7,10-11H,4-5,8,14H2,1-3H3,(H,15,16). The maximum Gasteiger partial charge on any atom is 0.149 e. The normalized spacial score (nSPS) is 17.2. The first-order valence-electron chi connectivity index (χ1n) is 6.26. The molecule has 1 aliphatic rings. The van der Waals surface area contributed by atoms with E-state index in [1.807, 2.05) is 19.2 Å². The predicted molar refractivity (Wildman–Crippen MR) is 72.1 cm³/mol. The third kappa shape index (κ3) is 3.09. The summed E-state index contributed by atoms with van der Waals surface area (Å²) in [6.07, 6.45) is 4.52. The summed E-state index contributed by atoms with van der Waals surface area (Å²) in [6, 6.07) is 3.24. The molecule has 1 saturated carbocycles. The Bertz CT molecular complexity index is 387. The van der Waals surface area contributed by atoms with Gasteiger partial charge in [0.1, 0.15) is 5.82 Å². The fraction of sp³-hybridized carbons (Fsp3) is 0.615. The molecular weight excluding hydrogens is 212 g/mol. The van der Waals surface area contributed by atoms with Crippen molar-refractivity contribution in [2.24, 2.45) is 0 Å². The lowest BCUT2D eigenvalue weighted by Crippen LogP contribution is -2.36. The highest BCUT2D eigenvalue weighted by atomic mass is 15.2. The first-order valence-corrected chi connectivity index (χ1v) is 6.26. The molecule has 1 aromatic heterocycles. The Morgan fingerprint density at radius 1 is 1.59 bits per heavy atom. The van der Waals surface area contributed by atoms with E-state index < -0.39 is 0 Å². The van der Waals surface area contributed by atoms with E-state index in [1.165, 1.54) is 12.8 Å². The molecule has 1 fully saturated rings. The van der Waals surface area contributed by atoms with Crippen LogP contribution in [0.5, 0.6) is 0 Å². The fourth-order valence-electron chi connectivity index (χ4n) is 1.97. The molecule has 17 heavy (non-hydrogen) atoms. The van der Waals surface area contributed by atoms with Crippen molar-refractivity contribution >= 4 is 11.5 Å². The van der Waals surface area contributed by atoms with E-state index in [9.17, 15) is 0 Å². The lowest BCUT2D eigenvalue weighted by Gasteiger charge is -2.25. The van der Waals surface area contributed by atoms with Gasteiger partial charge in [-0.3, -0.25) is 4.90 Å². The Hall–Kier alpha value is -1.29. The molecule has 1 heterocycles. The number of pyridine rings is 1. The zero-order valence-corrected chi connectivity index (χ0v) is 10.9. The first-order chi connectivity index (χ1) is 8.08. The molecule has 0 bridgehead atoms. The number of nitrogens with zero attached hydrogens (tertiary/aromatic N) is 2. The fourth-order valence-corrected chi connectivity index (χ4v) is 1.97. The number of likely N-dealkylation sites (N-methyl/N-ethyl adjacent to an activating group) is 1. The van der Waals surface area contributed by atoms with Gasteiger partial charge >= 0.3 is 0 Å². The number of aromatic nitrogens is 1.